The molecule has 3 heterocycles. The van der Waals surface area contributed by atoms with Crippen LogP contribution in [0.15, 0.2) is 158 Å². The average Bonchev–Trinajstić information content (AvgIpc) is 3.60. The molecule has 0 unspecified atom stereocenters. The van der Waals surface area contributed by atoms with Crippen molar-refractivity contribution >= 4 is 60.9 Å². The standard InChI is InChI=1S/C41H26N4/c1-2-13-28(14-3-1)43-35-19-9-6-16-31(35)32-24-23-29(26-39(32)43)44-38-25-22-27-12-4-5-15-30(27)40(38)33-17-7-10-20-36(33)45-37-21-11-8-18-34(37)42-41(44)45/h1-26H. The zero-order valence-electron chi connectivity index (χ0n) is 24.3. The zero-order chi connectivity index (χ0) is 29.5. The van der Waals surface area contributed by atoms with E-state index in [1.165, 1.54) is 38.2 Å². The fraction of sp³-hybridized carbons (Fsp3) is 0. The minimum absolute atomic E-state index is 0.874. The van der Waals surface area contributed by atoms with Crippen molar-refractivity contribution in [1.82, 2.24) is 14.1 Å². The third-order valence-corrected chi connectivity index (χ3v) is 9.24. The van der Waals surface area contributed by atoms with E-state index >= 15 is 0 Å². The number of para-hydroxylation sites is 5. The molecule has 0 fully saturated rings. The molecule has 45 heavy (non-hydrogen) atoms. The first-order valence-electron chi connectivity index (χ1n) is 15.3. The van der Waals surface area contributed by atoms with Gasteiger partial charge in [0, 0.05) is 27.6 Å². The van der Waals surface area contributed by atoms with Gasteiger partial charge in [-0.15, -0.1) is 0 Å². The van der Waals surface area contributed by atoms with Crippen molar-refractivity contribution in [3.63, 3.8) is 0 Å². The van der Waals surface area contributed by atoms with Crippen molar-refractivity contribution in [3.05, 3.63) is 158 Å². The molecule has 9 aromatic rings. The molecule has 0 N–H and O–H groups in total. The quantitative estimate of drug-likeness (QED) is 0.205. The minimum Gasteiger partial charge on any atom is -0.309 e. The fourth-order valence-electron chi connectivity index (χ4n) is 7.33. The predicted octanol–water partition coefficient (Wildman–Crippen LogP) is 10.7. The molecule has 0 aliphatic carbocycles. The van der Waals surface area contributed by atoms with Gasteiger partial charge in [-0.3, -0.25) is 9.47 Å². The Bertz CT molecular complexity index is 2610. The molecule has 0 amide bonds. The van der Waals surface area contributed by atoms with Crippen LogP contribution >= 0.6 is 0 Å². The largest absolute Gasteiger partial charge is 0.309 e. The van der Waals surface area contributed by atoms with E-state index in [-0.39, 0.29) is 0 Å². The molecule has 1 aliphatic rings. The molecule has 0 saturated carbocycles. The molecular formula is C41H26N4. The Hall–Kier alpha value is -6.13. The van der Waals surface area contributed by atoms with Crippen LogP contribution in [-0.2, 0) is 0 Å². The molecule has 10 rings (SSSR count). The number of benzene rings is 7. The minimum atomic E-state index is 0.874. The molecule has 0 bridgehead atoms. The number of fused-ring (bicyclic) bond motifs is 12. The fourth-order valence-corrected chi connectivity index (χ4v) is 7.33. The maximum absolute atomic E-state index is 5.33. The van der Waals surface area contributed by atoms with Gasteiger partial charge in [0.05, 0.1) is 39.1 Å². The summed E-state index contributed by atoms with van der Waals surface area (Å²) in [5, 5.41) is 4.91. The van der Waals surface area contributed by atoms with Crippen LogP contribution in [0.4, 0.5) is 17.3 Å². The molecule has 7 aromatic carbocycles. The normalized spacial score (nSPS) is 12.4. The van der Waals surface area contributed by atoms with Crippen molar-refractivity contribution in [3.8, 4) is 22.5 Å². The summed E-state index contributed by atoms with van der Waals surface area (Å²) < 4.78 is 4.71. The van der Waals surface area contributed by atoms with Gasteiger partial charge >= 0.3 is 0 Å². The van der Waals surface area contributed by atoms with E-state index < -0.39 is 0 Å². The van der Waals surface area contributed by atoms with Gasteiger partial charge in [-0.05, 0) is 65.4 Å². The van der Waals surface area contributed by atoms with Gasteiger partial charge in [-0.25, -0.2) is 4.98 Å². The van der Waals surface area contributed by atoms with Crippen molar-refractivity contribution in [1.29, 1.82) is 0 Å². The van der Waals surface area contributed by atoms with Gasteiger partial charge in [-0.2, -0.15) is 0 Å². The van der Waals surface area contributed by atoms with Crippen LogP contribution in [0.5, 0.6) is 0 Å². The van der Waals surface area contributed by atoms with Gasteiger partial charge in [0.1, 0.15) is 0 Å². The first-order valence-corrected chi connectivity index (χ1v) is 15.3. The van der Waals surface area contributed by atoms with E-state index in [9.17, 15) is 0 Å². The third-order valence-electron chi connectivity index (χ3n) is 9.24. The van der Waals surface area contributed by atoms with Gasteiger partial charge in [0.25, 0.3) is 0 Å². The van der Waals surface area contributed by atoms with E-state index in [2.05, 4.69) is 172 Å². The number of imidazole rings is 1. The molecule has 0 atom stereocenters. The number of hydrogen-bond donors (Lipinski definition) is 0. The molecule has 4 nitrogen and oxygen atoms in total. The Morgan fingerprint density at radius 3 is 2.04 bits per heavy atom. The smallest absolute Gasteiger partial charge is 0.220 e. The Labute approximate surface area is 259 Å². The van der Waals surface area contributed by atoms with E-state index in [4.69, 9.17) is 4.98 Å². The highest BCUT2D eigenvalue weighted by atomic mass is 15.3. The monoisotopic (exact) mass is 574 g/mol. The second kappa shape index (κ2) is 9.18. The van der Waals surface area contributed by atoms with Crippen LogP contribution in [0.2, 0.25) is 0 Å². The third kappa shape index (κ3) is 3.39. The molecule has 0 radical (unpaired) electrons. The summed E-state index contributed by atoms with van der Waals surface area (Å²) in [4.78, 5) is 7.69. The van der Waals surface area contributed by atoms with Crippen molar-refractivity contribution in [2.24, 2.45) is 0 Å². The van der Waals surface area contributed by atoms with E-state index in [1.807, 2.05) is 0 Å². The summed E-state index contributed by atoms with van der Waals surface area (Å²) >= 11 is 0. The average molecular weight is 575 g/mol. The lowest BCUT2D eigenvalue weighted by atomic mass is 9.94. The summed E-state index contributed by atoms with van der Waals surface area (Å²) in [6, 6.07) is 56.6. The predicted molar refractivity (Wildman–Crippen MR) is 187 cm³/mol. The molecule has 2 aromatic heterocycles. The molecule has 210 valence electrons. The van der Waals surface area contributed by atoms with E-state index in [0.717, 1.165) is 45.2 Å². The molecule has 4 heteroatoms. The van der Waals surface area contributed by atoms with Crippen molar-refractivity contribution < 1.29 is 0 Å². The Kier molecular flexibility index (Phi) is 4.96. The Morgan fingerprint density at radius 1 is 0.422 bits per heavy atom. The van der Waals surface area contributed by atoms with Crippen LogP contribution in [-0.4, -0.2) is 14.1 Å². The van der Waals surface area contributed by atoms with Crippen LogP contribution in [0, 0.1) is 0 Å². The number of nitrogens with zero attached hydrogens (tertiary/aromatic N) is 4. The second-order valence-corrected chi connectivity index (χ2v) is 11.7. The number of aromatic nitrogens is 3. The Morgan fingerprint density at radius 2 is 1.13 bits per heavy atom. The lowest BCUT2D eigenvalue weighted by Gasteiger charge is -2.25. The van der Waals surface area contributed by atoms with Crippen molar-refractivity contribution in [2.75, 3.05) is 4.90 Å². The molecule has 1 aliphatic heterocycles. The molecular weight excluding hydrogens is 548 g/mol. The highest BCUT2D eigenvalue weighted by Crippen LogP contribution is 2.50. The van der Waals surface area contributed by atoms with Crippen molar-refractivity contribution in [2.45, 2.75) is 0 Å². The van der Waals surface area contributed by atoms with Gasteiger partial charge in [0.15, 0.2) is 0 Å². The van der Waals surface area contributed by atoms with Gasteiger partial charge < -0.3 is 4.57 Å². The number of anilines is 3. The van der Waals surface area contributed by atoms with Crippen LogP contribution < -0.4 is 4.90 Å². The van der Waals surface area contributed by atoms with Gasteiger partial charge in [0.2, 0.25) is 5.95 Å². The number of rotatable bonds is 2. The van der Waals surface area contributed by atoms with Gasteiger partial charge in [-0.1, -0.05) is 103 Å². The second-order valence-electron chi connectivity index (χ2n) is 11.7. The summed E-state index contributed by atoms with van der Waals surface area (Å²) in [6.07, 6.45) is 0. The highest BCUT2D eigenvalue weighted by Gasteiger charge is 2.30. The summed E-state index contributed by atoms with van der Waals surface area (Å²) in [5.74, 6) is 0.874. The first-order chi connectivity index (χ1) is 22.3. The van der Waals surface area contributed by atoms with Crippen LogP contribution in [0.3, 0.4) is 0 Å². The zero-order valence-corrected chi connectivity index (χ0v) is 24.3. The summed E-state index contributed by atoms with van der Waals surface area (Å²) in [7, 11) is 0. The Balaban J connectivity index is 1.35. The summed E-state index contributed by atoms with van der Waals surface area (Å²) in [5.41, 5.74) is 11.2. The van der Waals surface area contributed by atoms with E-state index in [0.29, 0.717) is 0 Å². The first kappa shape index (κ1) is 24.3. The lowest BCUT2D eigenvalue weighted by molar-refractivity contribution is 1.05. The van der Waals surface area contributed by atoms with Crippen LogP contribution in [0.25, 0.3) is 66.1 Å². The molecule has 0 saturated heterocycles. The van der Waals surface area contributed by atoms with E-state index in [1.54, 1.807) is 0 Å². The topological polar surface area (TPSA) is 26.0 Å². The summed E-state index contributed by atoms with van der Waals surface area (Å²) in [6.45, 7) is 0. The SMILES string of the molecule is c1ccc(-n2c3ccccc3c3ccc(N4c5ccc6ccccc6c5-c5ccccc5-n5c4nc4ccccc45)cc32)cc1. The maximum atomic E-state index is 5.33. The lowest BCUT2D eigenvalue weighted by Crippen LogP contribution is -2.14. The van der Waals surface area contributed by atoms with Crippen LogP contribution in [0.1, 0.15) is 0 Å². The highest BCUT2D eigenvalue weighted by molar-refractivity contribution is 6.12. The molecule has 0 spiro atoms. The maximum Gasteiger partial charge on any atom is 0.220 e. The number of hydrogen-bond acceptors (Lipinski definition) is 2.